The van der Waals surface area contributed by atoms with E-state index in [0.29, 0.717) is 36.1 Å². The molecule has 1 saturated heterocycles. The molecular formula is C14H14ClN3O2S. The van der Waals surface area contributed by atoms with Gasteiger partial charge < -0.3 is 15.5 Å². The smallest absolute Gasteiger partial charge is 0.317 e. The number of carbonyl (C=O) groups is 2. The fraction of sp³-hybridized carbons (Fsp3) is 0.286. The molecule has 3 amide bonds. The van der Waals surface area contributed by atoms with Crippen LogP contribution in [0.4, 0.5) is 4.79 Å². The van der Waals surface area contributed by atoms with E-state index in [4.69, 9.17) is 11.6 Å². The van der Waals surface area contributed by atoms with Crippen molar-refractivity contribution in [2.45, 2.75) is 0 Å². The minimum Gasteiger partial charge on any atom is -0.350 e. The molecule has 2 aromatic rings. The van der Waals surface area contributed by atoms with Gasteiger partial charge in [-0.1, -0.05) is 29.8 Å². The van der Waals surface area contributed by atoms with E-state index >= 15 is 0 Å². The average molecular weight is 324 g/mol. The fourth-order valence-corrected chi connectivity index (χ4v) is 3.70. The van der Waals surface area contributed by atoms with Gasteiger partial charge in [0.15, 0.2) is 0 Å². The maximum absolute atomic E-state index is 12.2. The molecule has 0 spiro atoms. The molecule has 0 saturated carbocycles. The SMILES string of the molecule is O=C(NCCN1CCNC1=O)c1sc2ccccc2c1Cl. The number of thiophene rings is 1. The van der Waals surface area contributed by atoms with Crippen molar-refractivity contribution in [3.63, 3.8) is 0 Å². The maximum Gasteiger partial charge on any atom is 0.317 e. The molecule has 5 nitrogen and oxygen atoms in total. The Morgan fingerprint density at radius 2 is 2.24 bits per heavy atom. The number of amides is 3. The molecule has 0 atom stereocenters. The third kappa shape index (κ3) is 2.82. The molecule has 0 unspecified atom stereocenters. The fourth-order valence-electron chi connectivity index (χ4n) is 2.27. The first kappa shape index (κ1) is 14.2. The van der Waals surface area contributed by atoms with Crippen molar-refractivity contribution in [2.24, 2.45) is 0 Å². The van der Waals surface area contributed by atoms with E-state index in [1.165, 1.54) is 11.3 Å². The molecule has 0 aliphatic carbocycles. The molecule has 110 valence electrons. The number of nitrogens with zero attached hydrogens (tertiary/aromatic N) is 1. The zero-order chi connectivity index (χ0) is 14.8. The number of carbonyl (C=O) groups excluding carboxylic acids is 2. The average Bonchev–Trinajstić information content (AvgIpc) is 3.04. The number of rotatable bonds is 4. The number of hydrogen-bond acceptors (Lipinski definition) is 3. The number of fused-ring (bicyclic) bond motifs is 1. The van der Waals surface area contributed by atoms with Crippen LogP contribution in [0.25, 0.3) is 10.1 Å². The largest absolute Gasteiger partial charge is 0.350 e. The molecule has 0 bridgehead atoms. The predicted octanol–water partition coefficient (Wildman–Crippen LogP) is 2.31. The molecule has 21 heavy (non-hydrogen) atoms. The third-order valence-electron chi connectivity index (χ3n) is 3.35. The summed E-state index contributed by atoms with van der Waals surface area (Å²) in [5.74, 6) is -0.194. The van der Waals surface area contributed by atoms with Crippen LogP contribution in [-0.4, -0.2) is 43.0 Å². The van der Waals surface area contributed by atoms with Gasteiger partial charge in [0.1, 0.15) is 4.88 Å². The summed E-state index contributed by atoms with van der Waals surface area (Å²) < 4.78 is 0.992. The molecule has 7 heteroatoms. The van der Waals surface area contributed by atoms with Gasteiger partial charge in [0.05, 0.1) is 5.02 Å². The van der Waals surface area contributed by atoms with E-state index in [1.807, 2.05) is 24.3 Å². The van der Waals surface area contributed by atoms with Crippen LogP contribution in [0.5, 0.6) is 0 Å². The number of hydrogen-bond donors (Lipinski definition) is 2. The summed E-state index contributed by atoms with van der Waals surface area (Å²) in [5.41, 5.74) is 0. The highest BCUT2D eigenvalue weighted by Gasteiger charge is 2.20. The van der Waals surface area contributed by atoms with Crippen LogP contribution in [0.15, 0.2) is 24.3 Å². The van der Waals surface area contributed by atoms with Crippen LogP contribution in [0.2, 0.25) is 5.02 Å². The van der Waals surface area contributed by atoms with Crippen LogP contribution >= 0.6 is 22.9 Å². The molecular weight excluding hydrogens is 310 g/mol. The summed E-state index contributed by atoms with van der Waals surface area (Å²) in [5, 5.41) is 6.92. The molecule has 2 N–H and O–H groups in total. The minimum atomic E-state index is -0.194. The van der Waals surface area contributed by atoms with Gasteiger partial charge in [0, 0.05) is 36.3 Å². The monoisotopic (exact) mass is 323 g/mol. The predicted molar refractivity (Wildman–Crippen MR) is 84.1 cm³/mol. The zero-order valence-corrected chi connectivity index (χ0v) is 12.8. The molecule has 0 radical (unpaired) electrons. The Bertz CT molecular complexity index is 701. The number of urea groups is 1. The minimum absolute atomic E-state index is 0.0795. The summed E-state index contributed by atoms with van der Waals surface area (Å²) >= 11 is 7.63. The topological polar surface area (TPSA) is 61.4 Å². The highest BCUT2D eigenvalue weighted by molar-refractivity contribution is 7.21. The Morgan fingerprint density at radius 3 is 2.95 bits per heavy atom. The standard InChI is InChI=1S/C14H14ClN3O2S/c15-11-9-3-1-2-4-10(9)21-12(11)13(19)16-5-7-18-8-6-17-14(18)20/h1-4H,5-8H2,(H,16,19)(H,17,20). The Balaban J connectivity index is 1.64. The van der Waals surface area contributed by atoms with Crippen LogP contribution in [0, 0.1) is 0 Å². The molecule has 1 aromatic carbocycles. The Labute approximate surface area is 130 Å². The van der Waals surface area contributed by atoms with Crippen molar-refractivity contribution >= 4 is 45.0 Å². The molecule has 2 heterocycles. The van der Waals surface area contributed by atoms with E-state index in [2.05, 4.69) is 10.6 Å². The van der Waals surface area contributed by atoms with Crippen molar-refractivity contribution in [1.82, 2.24) is 15.5 Å². The molecule has 1 fully saturated rings. The first-order valence-corrected chi connectivity index (χ1v) is 7.84. The summed E-state index contributed by atoms with van der Waals surface area (Å²) in [4.78, 5) is 25.8. The normalized spacial score (nSPS) is 14.5. The Morgan fingerprint density at radius 1 is 1.43 bits per heavy atom. The van der Waals surface area contributed by atoms with E-state index in [-0.39, 0.29) is 11.9 Å². The lowest BCUT2D eigenvalue weighted by Gasteiger charge is -2.13. The Hall–Kier alpha value is -1.79. The van der Waals surface area contributed by atoms with E-state index in [1.54, 1.807) is 4.90 Å². The zero-order valence-electron chi connectivity index (χ0n) is 11.2. The second-order valence-corrected chi connectivity index (χ2v) is 6.15. The van der Waals surface area contributed by atoms with Gasteiger partial charge in [-0.3, -0.25) is 4.79 Å². The second kappa shape index (κ2) is 5.91. The summed E-state index contributed by atoms with van der Waals surface area (Å²) in [6.07, 6.45) is 0. The van der Waals surface area contributed by atoms with Crippen LogP contribution in [0.1, 0.15) is 9.67 Å². The quantitative estimate of drug-likeness (QED) is 0.907. The lowest BCUT2D eigenvalue weighted by molar-refractivity contribution is 0.0954. The lowest BCUT2D eigenvalue weighted by atomic mass is 10.2. The molecule has 1 aliphatic heterocycles. The summed E-state index contributed by atoms with van der Waals surface area (Å²) in [6.45, 7) is 2.25. The highest BCUT2D eigenvalue weighted by Crippen LogP contribution is 2.34. The van der Waals surface area contributed by atoms with Crippen molar-refractivity contribution in [1.29, 1.82) is 0 Å². The van der Waals surface area contributed by atoms with Gasteiger partial charge in [-0.25, -0.2) is 4.79 Å². The van der Waals surface area contributed by atoms with Gasteiger partial charge in [-0.05, 0) is 6.07 Å². The summed E-state index contributed by atoms with van der Waals surface area (Å²) in [7, 11) is 0. The summed E-state index contributed by atoms with van der Waals surface area (Å²) in [6, 6.07) is 7.58. The van der Waals surface area contributed by atoms with Crippen molar-refractivity contribution in [3.05, 3.63) is 34.2 Å². The Kier molecular flexibility index (Phi) is 3.98. The van der Waals surface area contributed by atoms with Gasteiger partial charge >= 0.3 is 6.03 Å². The second-order valence-electron chi connectivity index (χ2n) is 4.72. The number of nitrogens with one attached hydrogen (secondary N) is 2. The molecule has 1 aliphatic rings. The van der Waals surface area contributed by atoms with E-state index in [0.717, 1.165) is 10.1 Å². The molecule has 3 rings (SSSR count). The van der Waals surface area contributed by atoms with Crippen LogP contribution in [0.3, 0.4) is 0 Å². The van der Waals surface area contributed by atoms with Crippen molar-refractivity contribution in [2.75, 3.05) is 26.2 Å². The number of halogens is 1. The van der Waals surface area contributed by atoms with Gasteiger partial charge in [0.25, 0.3) is 5.91 Å². The van der Waals surface area contributed by atoms with E-state index in [9.17, 15) is 9.59 Å². The van der Waals surface area contributed by atoms with Gasteiger partial charge in [0.2, 0.25) is 0 Å². The third-order valence-corrected chi connectivity index (χ3v) is 5.03. The van der Waals surface area contributed by atoms with Crippen LogP contribution in [-0.2, 0) is 0 Å². The highest BCUT2D eigenvalue weighted by atomic mass is 35.5. The lowest BCUT2D eigenvalue weighted by Crippen LogP contribution is -2.36. The first-order chi connectivity index (χ1) is 10.2. The maximum atomic E-state index is 12.2. The van der Waals surface area contributed by atoms with Crippen molar-refractivity contribution in [3.8, 4) is 0 Å². The van der Waals surface area contributed by atoms with E-state index < -0.39 is 0 Å². The molecule has 1 aromatic heterocycles. The van der Waals surface area contributed by atoms with Gasteiger partial charge in [-0.2, -0.15) is 0 Å². The van der Waals surface area contributed by atoms with Crippen molar-refractivity contribution < 1.29 is 9.59 Å². The number of benzene rings is 1. The van der Waals surface area contributed by atoms with Gasteiger partial charge in [-0.15, -0.1) is 11.3 Å². The first-order valence-electron chi connectivity index (χ1n) is 6.65. The van der Waals surface area contributed by atoms with Crippen LogP contribution < -0.4 is 10.6 Å².